The second kappa shape index (κ2) is 9.54. The second-order valence-electron chi connectivity index (χ2n) is 6.73. The molecule has 0 aliphatic carbocycles. The van der Waals surface area contributed by atoms with Gasteiger partial charge >= 0.3 is 0 Å². The third-order valence-corrected chi connectivity index (χ3v) is 5.44. The van der Waals surface area contributed by atoms with Gasteiger partial charge in [0.05, 0.1) is 0 Å². The summed E-state index contributed by atoms with van der Waals surface area (Å²) in [5, 5.41) is 3.34. The zero-order valence-corrected chi connectivity index (χ0v) is 16.3. The average Bonchev–Trinajstić information content (AvgIpc) is 3.23. The molecule has 0 spiro atoms. The average molecular weight is 403 g/mol. The van der Waals surface area contributed by atoms with Crippen molar-refractivity contribution in [2.45, 2.75) is 44.9 Å². The van der Waals surface area contributed by atoms with Gasteiger partial charge in [-0.25, -0.2) is 9.37 Å². The molecule has 8 heteroatoms. The number of carbonyl (C=O) groups excluding carboxylic acids is 3. The molecule has 0 saturated carbocycles. The standard InChI is InChI=1S/C20H22FN3O3S/c21-15-7-5-14(6-8-15)12-16-13-22-20(28-16)23-17(25)4-2-1-3-11-24-18(26)9-10-19(24)27/h5-8,13H,1-4,9-12H2,(H,22,23,25). The normalized spacial score (nSPS) is 14.0. The lowest BCUT2D eigenvalue weighted by atomic mass is 10.1. The Kier molecular flexibility index (Phi) is 6.86. The summed E-state index contributed by atoms with van der Waals surface area (Å²) in [5.41, 5.74) is 0.984. The van der Waals surface area contributed by atoms with Gasteiger partial charge in [-0.15, -0.1) is 11.3 Å². The molecule has 148 valence electrons. The number of hydrogen-bond acceptors (Lipinski definition) is 5. The fourth-order valence-electron chi connectivity index (χ4n) is 3.04. The van der Waals surface area contributed by atoms with E-state index in [9.17, 15) is 18.8 Å². The summed E-state index contributed by atoms with van der Waals surface area (Å²) >= 11 is 1.40. The summed E-state index contributed by atoms with van der Waals surface area (Å²) in [4.78, 5) is 41.6. The molecule has 1 saturated heterocycles. The number of imide groups is 1. The van der Waals surface area contributed by atoms with Crippen LogP contribution in [0.5, 0.6) is 0 Å². The Bertz CT molecular complexity index is 835. The molecular weight excluding hydrogens is 381 g/mol. The summed E-state index contributed by atoms with van der Waals surface area (Å²) in [5.74, 6) is -0.554. The van der Waals surface area contributed by atoms with Gasteiger partial charge in [-0.1, -0.05) is 18.6 Å². The Hall–Kier alpha value is -2.61. The van der Waals surface area contributed by atoms with Gasteiger partial charge in [0.15, 0.2) is 5.13 Å². The number of aromatic nitrogens is 1. The van der Waals surface area contributed by atoms with Crippen molar-refractivity contribution in [2.24, 2.45) is 0 Å². The number of nitrogens with zero attached hydrogens (tertiary/aromatic N) is 2. The van der Waals surface area contributed by atoms with Crippen LogP contribution in [0.15, 0.2) is 30.5 Å². The Morgan fingerprint density at radius 2 is 1.82 bits per heavy atom. The predicted molar refractivity (Wildman–Crippen MR) is 104 cm³/mol. The number of unbranched alkanes of at least 4 members (excludes halogenated alkanes) is 2. The predicted octanol–water partition coefficient (Wildman–Crippen LogP) is 3.52. The minimum absolute atomic E-state index is 0.0945. The highest BCUT2D eigenvalue weighted by molar-refractivity contribution is 7.15. The molecule has 2 aromatic rings. The van der Waals surface area contributed by atoms with Crippen LogP contribution in [0.1, 0.15) is 49.0 Å². The smallest absolute Gasteiger partial charge is 0.229 e. The van der Waals surface area contributed by atoms with Crippen LogP contribution >= 0.6 is 11.3 Å². The van der Waals surface area contributed by atoms with Crippen molar-refractivity contribution in [1.29, 1.82) is 0 Å². The van der Waals surface area contributed by atoms with E-state index in [1.807, 2.05) is 0 Å². The number of nitrogens with one attached hydrogen (secondary N) is 1. The van der Waals surface area contributed by atoms with Gasteiger partial charge in [0, 0.05) is 43.3 Å². The number of carbonyl (C=O) groups is 3. The van der Waals surface area contributed by atoms with Crippen molar-refractivity contribution in [3.63, 3.8) is 0 Å². The summed E-state index contributed by atoms with van der Waals surface area (Å²) < 4.78 is 12.9. The van der Waals surface area contributed by atoms with Crippen LogP contribution < -0.4 is 5.32 Å². The lowest BCUT2D eigenvalue weighted by molar-refractivity contribution is -0.138. The maximum absolute atomic E-state index is 12.9. The maximum Gasteiger partial charge on any atom is 0.229 e. The number of amides is 3. The molecule has 1 aromatic carbocycles. The number of anilines is 1. The minimum atomic E-state index is -0.264. The number of thiazole rings is 1. The molecular formula is C20H22FN3O3S. The largest absolute Gasteiger partial charge is 0.302 e. The van der Waals surface area contributed by atoms with Crippen LogP contribution in [0.2, 0.25) is 0 Å². The first-order chi connectivity index (χ1) is 13.5. The highest BCUT2D eigenvalue weighted by Crippen LogP contribution is 2.22. The third-order valence-electron chi connectivity index (χ3n) is 4.53. The molecule has 1 aromatic heterocycles. The number of benzene rings is 1. The molecule has 2 heterocycles. The van der Waals surface area contributed by atoms with Crippen molar-refractivity contribution in [2.75, 3.05) is 11.9 Å². The Balaban J connectivity index is 1.35. The van der Waals surface area contributed by atoms with E-state index in [1.165, 1.54) is 28.4 Å². The van der Waals surface area contributed by atoms with E-state index in [1.54, 1.807) is 18.3 Å². The van der Waals surface area contributed by atoms with Crippen LogP contribution in [0.4, 0.5) is 9.52 Å². The summed E-state index contributed by atoms with van der Waals surface area (Å²) in [6.45, 7) is 0.443. The summed E-state index contributed by atoms with van der Waals surface area (Å²) in [6.07, 6.45) is 5.54. The van der Waals surface area contributed by atoms with Gasteiger partial charge < -0.3 is 5.32 Å². The molecule has 1 N–H and O–H groups in total. The van der Waals surface area contributed by atoms with Gasteiger partial charge in [0.2, 0.25) is 17.7 Å². The topological polar surface area (TPSA) is 79.4 Å². The lowest BCUT2D eigenvalue weighted by Gasteiger charge is -2.12. The van der Waals surface area contributed by atoms with Gasteiger partial charge in [-0.3, -0.25) is 19.3 Å². The van der Waals surface area contributed by atoms with Crippen LogP contribution in [-0.4, -0.2) is 34.2 Å². The van der Waals surface area contributed by atoms with Crippen molar-refractivity contribution in [3.8, 4) is 0 Å². The summed E-state index contributed by atoms with van der Waals surface area (Å²) in [6, 6.07) is 6.32. The zero-order valence-electron chi connectivity index (χ0n) is 15.4. The van der Waals surface area contributed by atoms with Crippen LogP contribution in [-0.2, 0) is 20.8 Å². The molecule has 28 heavy (non-hydrogen) atoms. The molecule has 3 amide bonds. The molecule has 3 rings (SSSR count). The molecule has 0 unspecified atom stereocenters. The molecule has 1 aliphatic heterocycles. The Labute approximate surface area is 166 Å². The van der Waals surface area contributed by atoms with Crippen molar-refractivity contribution in [3.05, 3.63) is 46.7 Å². The first-order valence-electron chi connectivity index (χ1n) is 9.33. The first-order valence-corrected chi connectivity index (χ1v) is 10.1. The highest BCUT2D eigenvalue weighted by atomic mass is 32.1. The molecule has 0 atom stereocenters. The van der Waals surface area contributed by atoms with E-state index < -0.39 is 0 Å². The van der Waals surface area contributed by atoms with E-state index in [2.05, 4.69) is 10.3 Å². The molecule has 1 aliphatic rings. The van der Waals surface area contributed by atoms with E-state index >= 15 is 0 Å². The minimum Gasteiger partial charge on any atom is -0.302 e. The SMILES string of the molecule is O=C(CCCCCN1C(=O)CCC1=O)Nc1ncc(Cc2ccc(F)cc2)s1. The molecule has 0 bridgehead atoms. The van der Waals surface area contributed by atoms with Crippen molar-refractivity contribution >= 4 is 34.2 Å². The van der Waals surface area contributed by atoms with E-state index in [0.717, 1.165) is 16.9 Å². The quantitative estimate of drug-likeness (QED) is 0.513. The maximum atomic E-state index is 12.9. The van der Waals surface area contributed by atoms with E-state index in [-0.39, 0.29) is 23.5 Å². The second-order valence-corrected chi connectivity index (χ2v) is 7.85. The molecule has 1 fully saturated rings. The number of halogens is 1. The number of rotatable bonds is 9. The van der Waals surface area contributed by atoms with Crippen LogP contribution in [0, 0.1) is 5.82 Å². The van der Waals surface area contributed by atoms with E-state index in [4.69, 9.17) is 0 Å². The van der Waals surface area contributed by atoms with E-state index in [0.29, 0.717) is 50.2 Å². The number of likely N-dealkylation sites (tertiary alicyclic amines) is 1. The monoisotopic (exact) mass is 403 g/mol. The number of hydrogen-bond donors (Lipinski definition) is 1. The van der Waals surface area contributed by atoms with Gasteiger partial charge in [0.1, 0.15) is 5.82 Å². The van der Waals surface area contributed by atoms with Crippen molar-refractivity contribution < 1.29 is 18.8 Å². The van der Waals surface area contributed by atoms with Gasteiger partial charge in [-0.2, -0.15) is 0 Å². The first kappa shape index (κ1) is 20.1. The summed E-state index contributed by atoms with van der Waals surface area (Å²) in [7, 11) is 0. The fourth-order valence-corrected chi connectivity index (χ4v) is 3.90. The molecule has 0 radical (unpaired) electrons. The zero-order chi connectivity index (χ0) is 19.9. The third kappa shape index (κ3) is 5.69. The highest BCUT2D eigenvalue weighted by Gasteiger charge is 2.27. The Morgan fingerprint density at radius 3 is 2.54 bits per heavy atom. The van der Waals surface area contributed by atoms with Crippen molar-refractivity contribution in [1.82, 2.24) is 9.88 Å². The molecule has 6 nitrogen and oxygen atoms in total. The Morgan fingerprint density at radius 1 is 1.11 bits per heavy atom. The lowest BCUT2D eigenvalue weighted by Crippen LogP contribution is -2.29. The van der Waals surface area contributed by atoms with Crippen LogP contribution in [0.25, 0.3) is 0 Å². The fraction of sp³-hybridized carbons (Fsp3) is 0.400. The van der Waals surface area contributed by atoms with Crippen LogP contribution in [0.3, 0.4) is 0 Å². The van der Waals surface area contributed by atoms with Gasteiger partial charge in [-0.05, 0) is 30.5 Å². The van der Waals surface area contributed by atoms with Gasteiger partial charge in [0.25, 0.3) is 0 Å².